The van der Waals surface area contributed by atoms with Crippen LogP contribution in [0.25, 0.3) is 0 Å². The highest BCUT2D eigenvalue weighted by molar-refractivity contribution is 5.99. The number of amides is 1. The Labute approximate surface area is 115 Å². The van der Waals surface area contributed by atoms with E-state index in [1.54, 1.807) is 30.2 Å². The number of hydrogen-bond donors (Lipinski definition) is 1. The number of methoxy groups -OCH3 is 1. The lowest BCUT2D eigenvalue weighted by Gasteiger charge is -2.27. The van der Waals surface area contributed by atoms with Gasteiger partial charge in [-0.05, 0) is 31.4 Å². The number of benzene rings is 1. The zero-order valence-corrected chi connectivity index (χ0v) is 12.4. The average molecular weight is 264 g/mol. The molecule has 4 heteroatoms. The van der Waals surface area contributed by atoms with E-state index in [1.807, 2.05) is 7.05 Å². The Kier molecular flexibility index (Phi) is 5.21. The molecular formula is C15H24N2O2. The highest BCUT2D eigenvalue weighted by Crippen LogP contribution is 2.22. The van der Waals surface area contributed by atoms with Gasteiger partial charge in [0, 0.05) is 24.8 Å². The summed E-state index contributed by atoms with van der Waals surface area (Å²) in [6.45, 7) is 6.35. The largest absolute Gasteiger partial charge is 0.497 e. The first kappa shape index (κ1) is 15.3. The van der Waals surface area contributed by atoms with Crippen LogP contribution in [0.4, 0.5) is 5.69 Å². The fourth-order valence-corrected chi connectivity index (χ4v) is 2.09. The maximum Gasteiger partial charge on any atom is 0.255 e. The van der Waals surface area contributed by atoms with Gasteiger partial charge in [-0.25, -0.2) is 0 Å². The number of nitrogen functional groups attached to an aromatic ring is 1. The lowest BCUT2D eigenvalue weighted by Crippen LogP contribution is -2.36. The summed E-state index contributed by atoms with van der Waals surface area (Å²) < 4.78 is 5.09. The quantitative estimate of drug-likeness (QED) is 0.832. The van der Waals surface area contributed by atoms with Crippen molar-refractivity contribution in [2.45, 2.75) is 33.2 Å². The van der Waals surface area contributed by atoms with Crippen LogP contribution in [-0.4, -0.2) is 31.0 Å². The standard InChI is InChI=1S/C15H24N2O2/c1-10(2)8-11(3)17(4)15(18)13-7-6-12(19-5)9-14(13)16/h6-7,9-11H,8,16H2,1-5H3. The summed E-state index contributed by atoms with van der Waals surface area (Å²) in [4.78, 5) is 14.1. The Hall–Kier alpha value is -1.71. The minimum absolute atomic E-state index is 0.0479. The van der Waals surface area contributed by atoms with Gasteiger partial charge in [-0.15, -0.1) is 0 Å². The molecule has 1 rings (SSSR count). The Morgan fingerprint density at radius 2 is 2.00 bits per heavy atom. The predicted molar refractivity (Wildman–Crippen MR) is 78.4 cm³/mol. The molecule has 19 heavy (non-hydrogen) atoms. The number of nitrogens with two attached hydrogens (primary N) is 1. The van der Waals surface area contributed by atoms with Crippen LogP contribution in [0.1, 0.15) is 37.6 Å². The number of ether oxygens (including phenoxy) is 1. The SMILES string of the molecule is COc1ccc(C(=O)N(C)C(C)CC(C)C)c(N)c1. The summed E-state index contributed by atoms with van der Waals surface area (Å²) in [6, 6.07) is 5.34. The first-order valence-corrected chi connectivity index (χ1v) is 6.57. The van der Waals surface area contributed by atoms with Crippen molar-refractivity contribution in [2.75, 3.05) is 19.9 Å². The van der Waals surface area contributed by atoms with Gasteiger partial charge in [0.15, 0.2) is 0 Å². The van der Waals surface area contributed by atoms with Crippen molar-refractivity contribution in [2.24, 2.45) is 5.92 Å². The van der Waals surface area contributed by atoms with Crippen molar-refractivity contribution in [3.05, 3.63) is 23.8 Å². The van der Waals surface area contributed by atoms with E-state index < -0.39 is 0 Å². The van der Waals surface area contributed by atoms with Crippen LogP contribution in [0.15, 0.2) is 18.2 Å². The third kappa shape index (κ3) is 3.88. The van der Waals surface area contributed by atoms with Crippen LogP contribution in [0, 0.1) is 5.92 Å². The summed E-state index contributed by atoms with van der Waals surface area (Å²) in [5.74, 6) is 1.17. The lowest BCUT2D eigenvalue weighted by atomic mass is 10.0. The normalized spacial score (nSPS) is 12.3. The zero-order chi connectivity index (χ0) is 14.6. The van der Waals surface area contributed by atoms with E-state index in [-0.39, 0.29) is 11.9 Å². The summed E-state index contributed by atoms with van der Waals surface area (Å²) in [7, 11) is 3.39. The summed E-state index contributed by atoms with van der Waals surface area (Å²) in [6.07, 6.45) is 0.971. The molecule has 0 saturated heterocycles. The van der Waals surface area contributed by atoms with E-state index in [1.165, 1.54) is 0 Å². The van der Waals surface area contributed by atoms with Crippen LogP contribution in [0.5, 0.6) is 5.75 Å². The van der Waals surface area contributed by atoms with Crippen molar-refractivity contribution in [1.29, 1.82) is 0 Å². The van der Waals surface area contributed by atoms with E-state index in [0.29, 0.717) is 22.9 Å². The highest BCUT2D eigenvalue weighted by atomic mass is 16.5. The van der Waals surface area contributed by atoms with E-state index in [9.17, 15) is 4.79 Å². The van der Waals surface area contributed by atoms with Gasteiger partial charge in [0.1, 0.15) is 5.75 Å². The summed E-state index contributed by atoms with van der Waals surface area (Å²) >= 11 is 0. The van der Waals surface area contributed by atoms with Gasteiger partial charge in [0.25, 0.3) is 5.91 Å². The predicted octanol–water partition coefficient (Wildman–Crippen LogP) is 2.78. The van der Waals surface area contributed by atoms with Crippen molar-refractivity contribution in [3.63, 3.8) is 0 Å². The first-order valence-electron chi connectivity index (χ1n) is 6.57. The van der Waals surface area contributed by atoms with E-state index in [4.69, 9.17) is 10.5 Å². The molecular weight excluding hydrogens is 240 g/mol. The molecule has 0 radical (unpaired) electrons. The molecule has 0 aliphatic carbocycles. The van der Waals surface area contributed by atoms with E-state index in [2.05, 4.69) is 20.8 Å². The summed E-state index contributed by atoms with van der Waals surface area (Å²) in [5.41, 5.74) is 6.89. The van der Waals surface area contributed by atoms with Crippen molar-refractivity contribution < 1.29 is 9.53 Å². The molecule has 0 spiro atoms. The molecule has 1 amide bonds. The average Bonchev–Trinajstić information content (AvgIpc) is 2.36. The van der Waals surface area contributed by atoms with Crippen molar-refractivity contribution >= 4 is 11.6 Å². The number of carbonyl (C=O) groups is 1. The third-order valence-corrected chi connectivity index (χ3v) is 3.28. The number of hydrogen-bond acceptors (Lipinski definition) is 3. The fourth-order valence-electron chi connectivity index (χ4n) is 2.09. The molecule has 1 aromatic rings. The second kappa shape index (κ2) is 6.45. The molecule has 106 valence electrons. The van der Waals surface area contributed by atoms with Gasteiger partial charge in [0.05, 0.1) is 12.7 Å². The van der Waals surface area contributed by atoms with Gasteiger partial charge >= 0.3 is 0 Å². The Morgan fingerprint density at radius 1 is 1.37 bits per heavy atom. The first-order chi connectivity index (χ1) is 8.86. The minimum Gasteiger partial charge on any atom is -0.497 e. The third-order valence-electron chi connectivity index (χ3n) is 3.28. The van der Waals surface area contributed by atoms with Crippen molar-refractivity contribution in [1.82, 2.24) is 4.90 Å². The van der Waals surface area contributed by atoms with E-state index >= 15 is 0 Å². The minimum atomic E-state index is -0.0479. The van der Waals surface area contributed by atoms with Gasteiger partial charge in [-0.2, -0.15) is 0 Å². The van der Waals surface area contributed by atoms with Crippen LogP contribution >= 0.6 is 0 Å². The molecule has 0 bridgehead atoms. The van der Waals surface area contributed by atoms with Gasteiger partial charge in [-0.3, -0.25) is 4.79 Å². The number of anilines is 1. The van der Waals surface area contributed by atoms with Crippen LogP contribution in [0.3, 0.4) is 0 Å². The van der Waals surface area contributed by atoms with Crippen molar-refractivity contribution in [3.8, 4) is 5.75 Å². The van der Waals surface area contributed by atoms with Crippen LogP contribution in [0.2, 0.25) is 0 Å². The van der Waals surface area contributed by atoms with E-state index in [0.717, 1.165) is 6.42 Å². The molecule has 0 aromatic heterocycles. The number of nitrogens with zero attached hydrogens (tertiary/aromatic N) is 1. The second-order valence-corrected chi connectivity index (χ2v) is 5.35. The van der Waals surface area contributed by atoms with Gasteiger partial charge < -0.3 is 15.4 Å². The fraction of sp³-hybridized carbons (Fsp3) is 0.533. The molecule has 0 saturated carbocycles. The molecule has 0 aliphatic heterocycles. The van der Waals surface area contributed by atoms with Crippen LogP contribution < -0.4 is 10.5 Å². The molecule has 0 heterocycles. The molecule has 4 nitrogen and oxygen atoms in total. The molecule has 2 N–H and O–H groups in total. The maximum absolute atomic E-state index is 12.4. The molecule has 0 aliphatic rings. The Bertz CT molecular complexity index is 444. The lowest BCUT2D eigenvalue weighted by molar-refractivity contribution is 0.0729. The molecule has 1 atom stereocenters. The maximum atomic E-state index is 12.4. The highest BCUT2D eigenvalue weighted by Gasteiger charge is 2.20. The molecule has 0 fully saturated rings. The van der Waals surface area contributed by atoms with Gasteiger partial charge in [0.2, 0.25) is 0 Å². The molecule has 1 unspecified atom stereocenters. The monoisotopic (exact) mass is 264 g/mol. The number of rotatable bonds is 5. The Balaban J connectivity index is 2.88. The number of carbonyl (C=O) groups excluding carboxylic acids is 1. The Morgan fingerprint density at radius 3 is 2.47 bits per heavy atom. The van der Waals surface area contributed by atoms with Crippen LogP contribution in [-0.2, 0) is 0 Å². The summed E-state index contributed by atoms with van der Waals surface area (Å²) in [5, 5.41) is 0. The van der Waals surface area contributed by atoms with Gasteiger partial charge in [-0.1, -0.05) is 13.8 Å². The second-order valence-electron chi connectivity index (χ2n) is 5.35. The zero-order valence-electron chi connectivity index (χ0n) is 12.4. The topological polar surface area (TPSA) is 55.6 Å². The molecule has 1 aromatic carbocycles. The smallest absolute Gasteiger partial charge is 0.255 e.